The van der Waals surface area contributed by atoms with Crippen LogP contribution in [0.25, 0.3) is 0 Å². The van der Waals surface area contributed by atoms with E-state index < -0.39 is 28.3 Å². The second-order valence-corrected chi connectivity index (χ2v) is 25.6. The third kappa shape index (κ3) is 16.1. The summed E-state index contributed by atoms with van der Waals surface area (Å²) in [6.45, 7) is 6.47. The molecule has 4 aromatic carbocycles. The Morgan fingerprint density at radius 2 is 0.890 bits per heavy atom. The third-order valence-electron chi connectivity index (χ3n) is 15.2. The highest BCUT2D eigenvalue weighted by atomic mass is 32.2. The van der Waals surface area contributed by atoms with Crippen molar-refractivity contribution < 1.29 is 39.2 Å². The molecule has 0 amide bonds. The molecule has 0 aliphatic carbocycles. The van der Waals surface area contributed by atoms with Gasteiger partial charge in [0.1, 0.15) is 36.5 Å². The summed E-state index contributed by atoms with van der Waals surface area (Å²) in [4.78, 5) is 22.4. The summed E-state index contributed by atoms with van der Waals surface area (Å²) in [7, 11) is -10.1. The van der Waals surface area contributed by atoms with Gasteiger partial charge in [-0.25, -0.2) is 35.6 Å². The monoisotopic (exact) mass is 1180 g/mol. The van der Waals surface area contributed by atoms with Crippen LogP contribution in [-0.4, -0.2) is 158 Å². The average molecular weight is 1180 g/mol. The van der Waals surface area contributed by atoms with E-state index in [4.69, 9.17) is 9.05 Å². The summed E-state index contributed by atoms with van der Waals surface area (Å²) in [6.07, 6.45) is 9.47. The van der Waals surface area contributed by atoms with Crippen molar-refractivity contribution in [3.05, 3.63) is 133 Å². The van der Waals surface area contributed by atoms with E-state index in [0.717, 1.165) is 38.8 Å². The van der Waals surface area contributed by atoms with Crippen LogP contribution in [0.3, 0.4) is 0 Å². The molecule has 21 nitrogen and oxygen atoms in total. The Morgan fingerprint density at radius 1 is 0.524 bits per heavy atom. The first-order valence-electron chi connectivity index (χ1n) is 27.9. The number of hydrogen-bond acceptors (Lipinski definition) is 19. The van der Waals surface area contributed by atoms with Gasteiger partial charge in [0.05, 0.1) is 9.79 Å². The maximum Gasteiger partial charge on any atom is 0.697 e. The fraction of sp³-hybridized carbons (Fsp3) is 0.429. The van der Waals surface area contributed by atoms with Crippen LogP contribution >= 0.6 is 8.25 Å². The molecule has 4 aliphatic rings. The van der Waals surface area contributed by atoms with Gasteiger partial charge in [-0.3, -0.25) is 0 Å². The number of anilines is 8. The van der Waals surface area contributed by atoms with E-state index in [-0.39, 0.29) is 58.8 Å². The molecule has 2 aromatic heterocycles. The van der Waals surface area contributed by atoms with Crippen LogP contribution in [0, 0.1) is 11.6 Å². The first kappa shape index (κ1) is 59.0. The van der Waals surface area contributed by atoms with Crippen molar-refractivity contribution >= 4 is 74.6 Å². The lowest BCUT2D eigenvalue weighted by Gasteiger charge is -2.38. The van der Waals surface area contributed by atoms with Crippen LogP contribution in [0.15, 0.2) is 131 Å². The van der Waals surface area contributed by atoms with Crippen LogP contribution in [-0.2, 0) is 33.7 Å². The second kappa shape index (κ2) is 27.9. The second-order valence-electron chi connectivity index (χ2n) is 20.9. The van der Waals surface area contributed by atoms with E-state index in [9.17, 15) is 30.2 Å². The predicted octanol–water partition coefficient (Wildman–Crippen LogP) is 8.32. The fourth-order valence-electron chi connectivity index (χ4n) is 10.8. The fourth-order valence-corrected chi connectivity index (χ4v) is 14.8. The Kier molecular flexibility index (Phi) is 20.1. The van der Waals surface area contributed by atoms with Crippen LogP contribution < -0.4 is 31.9 Å². The minimum absolute atomic E-state index is 0.0610. The molecule has 6 aromatic rings. The molecular weight excluding hydrogens is 1110 g/mol. The van der Waals surface area contributed by atoms with Crippen molar-refractivity contribution in [2.24, 2.45) is 0 Å². The summed E-state index contributed by atoms with van der Waals surface area (Å²) in [5.74, 6) is 0.931. The first-order valence-corrected chi connectivity index (χ1v) is 31.9. The maximum atomic E-state index is 14.4. The van der Waals surface area contributed by atoms with E-state index in [1.807, 2.05) is 0 Å². The highest BCUT2D eigenvalue weighted by Crippen LogP contribution is 2.31. The van der Waals surface area contributed by atoms with Gasteiger partial charge in [0.15, 0.2) is 0 Å². The minimum Gasteiger partial charge on any atom is -0.340 e. The molecule has 0 spiro atoms. The maximum absolute atomic E-state index is 14.4. The number of nitrogens with one attached hydrogen (secondary N) is 6. The number of nitrogens with zero attached hydrogens (tertiary/aromatic N) is 8. The highest BCUT2D eigenvalue weighted by molar-refractivity contribution is 7.89. The Morgan fingerprint density at radius 3 is 1.26 bits per heavy atom. The molecule has 0 saturated carbocycles. The number of halogens is 2. The van der Waals surface area contributed by atoms with Crippen molar-refractivity contribution in [2.75, 3.05) is 99.9 Å². The molecule has 2 unspecified atom stereocenters. The molecule has 436 valence electrons. The summed E-state index contributed by atoms with van der Waals surface area (Å²) < 4.78 is 112. The molecule has 0 bridgehead atoms. The normalized spacial score (nSPS) is 19.0. The van der Waals surface area contributed by atoms with Crippen LogP contribution in [0.4, 0.5) is 55.1 Å². The molecule has 4 fully saturated rings. The Balaban J connectivity index is 0.653. The topological polar surface area (TPSA) is 241 Å². The molecule has 2 atom stereocenters. The first-order chi connectivity index (χ1) is 39.8. The quantitative estimate of drug-likeness (QED) is 0.0280. The summed E-state index contributed by atoms with van der Waals surface area (Å²) in [6, 6.07) is 28.1. The lowest BCUT2D eigenvalue weighted by Crippen LogP contribution is -2.51. The van der Waals surface area contributed by atoms with E-state index in [1.54, 1.807) is 106 Å². The number of rotatable bonds is 26. The molecule has 4 saturated heterocycles. The third-order valence-corrected chi connectivity index (χ3v) is 19.9. The number of aromatic nitrogens is 4. The molecule has 82 heavy (non-hydrogen) atoms. The zero-order valence-electron chi connectivity index (χ0n) is 45.5. The Hall–Kier alpha value is -6.22. The standard InChI is InChI=1S/C56H70F2N14O7PS2/c57-41-5-9-43(10-6-41)63-53-21-29-61-55(67-53)65-45-13-17-51(18-14-45)81(74,75)71(39-47-3-1-27-59-47)49-23-31-69(32-24-49)35-37-78-80(73)79-38-36-70-33-25-50(26-34-70)72(40-48-4-2-28-60-48)82(76,77)52-19-15-46(16-20-52)66-56-62-30-22-54(68-56)64-44-11-7-42(58)8-12-44/h5-22,29-30,47-50,59-60H,1-4,23-28,31-40H2,(H2,61,63,65,67)(H2,62,64,66,68)/q+1. The SMILES string of the molecule is O=[P+](OCCN1CCC(N(CC2CCCN2)S(=O)(=O)c2ccc(Nc3nccc(Nc4ccc(F)cc4)n3)cc2)CC1)OCCN1CCC(N(CC2CCCN2)S(=O)(=O)c2ccc(Nc3nccc(Nc4ccc(F)cc4)n3)cc2)CC1. The van der Waals surface area contributed by atoms with E-state index in [2.05, 4.69) is 61.6 Å². The van der Waals surface area contributed by atoms with Crippen molar-refractivity contribution in [2.45, 2.75) is 85.3 Å². The number of hydrogen-bond donors (Lipinski definition) is 6. The van der Waals surface area contributed by atoms with Gasteiger partial charge in [-0.15, -0.1) is 9.05 Å². The van der Waals surface area contributed by atoms with Crippen molar-refractivity contribution in [3.63, 3.8) is 0 Å². The van der Waals surface area contributed by atoms with E-state index in [1.165, 1.54) is 24.3 Å². The molecule has 0 radical (unpaired) electrons. The van der Waals surface area contributed by atoms with Crippen LogP contribution in [0.1, 0.15) is 51.4 Å². The number of likely N-dealkylation sites (tertiary alicyclic amines) is 2. The van der Waals surface area contributed by atoms with Gasteiger partial charge in [0.2, 0.25) is 31.9 Å². The lowest BCUT2D eigenvalue weighted by atomic mass is 10.0. The van der Waals surface area contributed by atoms with Gasteiger partial charge in [0.25, 0.3) is 0 Å². The van der Waals surface area contributed by atoms with Crippen LogP contribution in [0.2, 0.25) is 0 Å². The number of benzene rings is 4. The molecule has 6 heterocycles. The van der Waals surface area contributed by atoms with Gasteiger partial charge in [-0.05, 0) is 200 Å². The van der Waals surface area contributed by atoms with Gasteiger partial charge in [-0.1, -0.05) is 0 Å². The number of piperidine rings is 2. The zero-order valence-corrected chi connectivity index (χ0v) is 48.0. The van der Waals surface area contributed by atoms with Gasteiger partial charge >= 0.3 is 8.25 Å². The average Bonchev–Trinajstić information content (AvgIpc) is 4.25. The zero-order chi connectivity index (χ0) is 56.9. The van der Waals surface area contributed by atoms with Crippen molar-refractivity contribution in [3.8, 4) is 0 Å². The Bertz CT molecular complexity index is 3050. The Labute approximate surface area is 479 Å². The molecule has 26 heteroatoms. The number of sulfonamides is 2. The largest absolute Gasteiger partial charge is 0.697 e. The van der Waals surface area contributed by atoms with E-state index >= 15 is 0 Å². The molecular formula is C56H70F2N14O7PS2+. The summed E-state index contributed by atoms with van der Waals surface area (Å²) in [5.41, 5.74) is 2.55. The van der Waals surface area contributed by atoms with Gasteiger partial charge in [0, 0.05) is 90.1 Å². The highest BCUT2D eigenvalue weighted by Gasteiger charge is 2.38. The summed E-state index contributed by atoms with van der Waals surface area (Å²) >= 11 is 0. The van der Waals surface area contributed by atoms with Gasteiger partial charge < -0.3 is 41.7 Å². The molecule has 6 N–H and O–H groups in total. The lowest BCUT2D eigenvalue weighted by molar-refractivity contribution is 0.119. The van der Waals surface area contributed by atoms with E-state index in [0.29, 0.717) is 124 Å². The van der Waals surface area contributed by atoms with Gasteiger partial charge in [-0.2, -0.15) is 18.6 Å². The molecule has 4 aliphatic heterocycles. The van der Waals surface area contributed by atoms with Crippen LogP contribution in [0.5, 0.6) is 0 Å². The minimum atomic E-state index is -3.87. The van der Waals surface area contributed by atoms with Crippen molar-refractivity contribution in [1.29, 1.82) is 0 Å². The predicted molar refractivity (Wildman–Crippen MR) is 311 cm³/mol. The summed E-state index contributed by atoms with van der Waals surface area (Å²) in [5, 5.41) is 19.5. The smallest absolute Gasteiger partial charge is 0.340 e. The molecule has 10 rings (SSSR count). The van der Waals surface area contributed by atoms with Crippen molar-refractivity contribution in [1.82, 2.24) is 49.0 Å².